The zero-order valence-electron chi connectivity index (χ0n) is 11.4. The highest BCUT2D eigenvalue weighted by atomic mass is 16.5. The van der Waals surface area contributed by atoms with Crippen molar-refractivity contribution < 1.29 is 4.74 Å². The van der Waals surface area contributed by atoms with Crippen molar-refractivity contribution in [2.45, 2.75) is 64.3 Å². The van der Waals surface area contributed by atoms with Crippen molar-refractivity contribution in [1.29, 1.82) is 0 Å². The van der Waals surface area contributed by atoms with Gasteiger partial charge in [0.15, 0.2) is 0 Å². The van der Waals surface area contributed by atoms with Crippen LogP contribution in [0.1, 0.15) is 58.3 Å². The van der Waals surface area contributed by atoms with Crippen molar-refractivity contribution in [2.75, 3.05) is 19.8 Å². The molecule has 2 fully saturated rings. The number of nitrogens with one attached hydrogen (secondary N) is 1. The Morgan fingerprint density at radius 3 is 2.29 bits per heavy atom. The molecule has 1 heterocycles. The maximum absolute atomic E-state index is 5.59. The Bertz CT molecular complexity index is 193. The first-order valence-electron chi connectivity index (χ1n) is 7.73. The second kappa shape index (κ2) is 7.38. The van der Waals surface area contributed by atoms with E-state index in [4.69, 9.17) is 4.74 Å². The van der Waals surface area contributed by atoms with Gasteiger partial charge in [0.25, 0.3) is 0 Å². The van der Waals surface area contributed by atoms with Crippen LogP contribution in [0.15, 0.2) is 0 Å². The summed E-state index contributed by atoms with van der Waals surface area (Å²) in [5, 5.41) is 3.76. The van der Waals surface area contributed by atoms with E-state index in [2.05, 4.69) is 12.2 Å². The van der Waals surface area contributed by atoms with Gasteiger partial charge in [0.1, 0.15) is 0 Å². The molecule has 1 N–H and O–H groups in total. The normalized spacial score (nSPS) is 29.8. The fraction of sp³-hybridized carbons (Fsp3) is 1.00. The zero-order chi connectivity index (χ0) is 11.9. The van der Waals surface area contributed by atoms with E-state index in [-0.39, 0.29) is 0 Å². The molecule has 2 unspecified atom stereocenters. The average molecular weight is 239 g/mol. The molecule has 17 heavy (non-hydrogen) atoms. The van der Waals surface area contributed by atoms with Crippen LogP contribution in [-0.4, -0.2) is 25.8 Å². The lowest BCUT2D eigenvalue weighted by atomic mass is 9.80. The lowest BCUT2D eigenvalue weighted by molar-refractivity contribution is 0.157. The van der Waals surface area contributed by atoms with Crippen LogP contribution in [0.2, 0.25) is 0 Å². The first-order chi connectivity index (χ1) is 8.42. The Balaban J connectivity index is 1.91. The van der Waals surface area contributed by atoms with Gasteiger partial charge in [-0.1, -0.05) is 39.0 Å². The third-order valence-corrected chi connectivity index (χ3v) is 4.57. The van der Waals surface area contributed by atoms with Gasteiger partial charge in [-0.2, -0.15) is 0 Å². The summed E-state index contributed by atoms with van der Waals surface area (Å²) in [5.41, 5.74) is 0. The largest absolute Gasteiger partial charge is 0.381 e. The SMILES string of the molecule is CCNC(C1CCCCCCC1)C1CCOC1. The second-order valence-electron chi connectivity index (χ2n) is 5.81. The van der Waals surface area contributed by atoms with Crippen LogP contribution < -0.4 is 5.32 Å². The van der Waals surface area contributed by atoms with Gasteiger partial charge in [0.2, 0.25) is 0 Å². The minimum atomic E-state index is 0.723. The molecule has 0 aromatic rings. The molecule has 1 saturated carbocycles. The molecule has 2 rings (SSSR count). The van der Waals surface area contributed by atoms with Crippen LogP contribution >= 0.6 is 0 Å². The first kappa shape index (κ1) is 13.4. The fourth-order valence-corrected chi connectivity index (χ4v) is 3.64. The summed E-state index contributed by atoms with van der Waals surface area (Å²) in [7, 11) is 0. The van der Waals surface area contributed by atoms with Crippen LogP contribution in [0.3, 0.4) is 0 Å². The van der Waals surface area contributed by atoms with Crippen LogP contribution in [0.25, 0.3) is 0 Å². The van der Waals surface area contributed by atoms with Crippen molar-refractivity contribution >= 4 is 0 Å². The highest BCUT2D eigenvalue weighted by Crippen LogP contribution is 2.31. The van der Waals surface area contributed by atoms with Crippen molar-refractivity contribution in [3.05, 3.63) is 0 Å². The molecule has 0 radical (unpaired) electrons. The van der Waals surface area contributed by atoms with Gasteiger partial charge in [-0.25, -0.2) is 0 Å². The summed E-state index contributed by atoms with van der Waals surface area (Å²) in [5.74, 6) is 1.68. The molecule has 0 aromatic carbocycles. The summed E-state index contributed by atoms with van der Waals surface area (Å²) in [6, 6.07) is 0.723. The molecule has 2 atom stereocenters. The average Bonchev–Trinajstić information content (AvgIpc) is 2.79. The van der Waals surface area contributed by atoms with E-state index in [1.165, 1.54) is 51.4 Å². The van der Waals surface area contributed by atoms with Gasteiger partial charge in [-0.15, -0.1) is 0 Å². The summed E-state index contributed by atoms with van der Waals surface area (Å²) >= 11 is 0. The quantitative estimate of drug-likeness (QED) is 0.812. The molecule has 2 nitrogen and oxygen atoms in total. The molecule has 0 spiro atoms. The molecule has 0 bridgehead atoms. The molecule has 2 heteroatoms. The van der Waals surface area contributed by atoms with E-state index < -0.39 is 0 Å². The van der Waals surface area contributed by atoms with Crippen LogP contribution in [-0.2, 0) is 4.74 Å². The van der Waals surface area contributed by atoms with E-state index in [1.807, 2.05) is 0 Å². The van der Waals surface area contributed by atoms with Crippen LogP contribution in [0.4, 0.5) is 0 Å². The van der Waals surface area contributed by atoms with Crippen LogP contribution in [0, 0.1) is 11.8 Å². The fourth-order valence-electron chi connectivity index (χ4n) is 3.64. The van der Waals surface area contributed by atoms with Crippen molar-refractivity contribution in [3.8, 4) is 0 Å². The summed E-state index contributed by atoms with van der Waals surface area (Å²) in [6.07, 6.45) is 11.4. The minimum Gasteiger partial charge on any atom is -0.381 e. The highest BCUT2D eigenvalue weighted by Gasteiger charge is 2.31. The number of rotatable bonds is 4. The van der Waals surface area contributed by atoms with E-state index in [0.717, 1.165) is 37.6 Å². The van der Waals surface area contributed by atoms with E-state index in [9.17, 15) is 0 Å². The van der Waals surface area contributed by atoms with Gasteiger partial charge in [-0.05, 0) is 31.7 Å². The minimum absolute atomic E-state index is 0.723. The monoisotopic (exact) mass is 239 g/mol. The second-order valence-corrected chi connectivity index (χ2v) is 5.81. The third-order valence-electron chi connectivity index (χ3n) is 4.57. The molecule has 1 saturated heterocycles. The smallest absolute Gasteiger partial charge is 0.0510 e. The van der Waals surface area contributed by atoms with Gasteiger partial charge in [-0.3, -0.25) is 0 Å². The maximum atomic E-state index is 5.59. The van der Waals surface area contributed by atoms with Gasteiger partial charge in [0.05, 0.1) is 6.61 Å². The molecule has 1 aliphatic heterocycles. The molecule has 100 valence electrons. The van der Waals surface area contributed by atoms with Crippen molar-refractivity contribution in [1.82, 2.24) is 5.32 Å². The predicted molar refractivity (Wildman–Crippen MR) is 72.2 cm³/mol. The summed E-state index contributed by atoms with van der Waals surface area (Å²) in [6.45, 7) is 5.33. The Morgan fingerprint density at radius 2 is 1.71 bits per heavy atom. The Kier molecular flexibility index (Phi) is 5.79. The number of hydrogen-bond donors (Lipinski definition) is 1. The molecule has 1 aliphatic carbocycles. The summed E-state index contributed by atoms with van der Waals surface area (Å²) < 4.78 is 5.59. The Labute approximate surface area is 107 Å². The third kappa shape index (κ3) is 3.96. The maximum Gasteiger partial charge on any atom is 0.0510 e. The highest BCUT2D eigenvalue weighted by molar-refractivity contribution is 4.85. The molecule has 2 aliphatic rings. The van der Waals surface area contributed by atoms with E-state index >= 15 is 0 Å². The number of ether oxygens (including phenoxy) is 1. The zero-order valence-corrected chi connectivity index (χ0v) is 11.4. The van der Waals surface area contributed by atoms with E-state index in [1.54, 1.807) is 0 Å². The molecular weight excluding hydrogens is 210 g/mol. The number of hydrogen-bond acceptors (Lipinski definition) is 2. The lowest BCUT2D eigenvalue weighted by Crippen LogP contribution is -2.43. The van der Waals surface area contributed by atoms with Crippen molar-refractivity contribution in [2.24, 2.45) is 11.8 Å². The summed E-state index contributed by atoms with van der Waals surface area (Å²) in [4.78, 5) is 0. The van der Waals surface area contributed by atoms with Gasteiger partial charge >= 0.3 is 0 Å². The molecular formula is C15H29NO. The van der Waals surface area contributed by atoms with Crippen molar-refractivity contribution in [3.63, 3.8) is 0 Å². The predicted octanol–water partition coefficient (Wildman–Crippen LogP) is 3.36. The first-order valence-corrected chi connectivity index (χ1v) is 7.73. The van der Waals surface area contributed by atoms with Gasteiger partial charge < -0.3 is 10.1 Å². The van der Waals surface area contributed by atoms with Crippen LogP contribution in [0.5, 0.6) is 0 Å². The van der Waals surface area contributed by atoms with E-state index in [0.29, 0.717) is 0 Å². The molecule has 0 amide bonds. The molecule has 0 aromatic heterocycles. The lowest BCUT2D eigenvalue weighted by Gasteiger charge is -2.33. The Morgan fingerprint density at radius 1 is 1.00 bits per heavy atom. The topological polar surface area (TPSA) is 21.3 Å². The van der Waals surface area contributed by atoms with Gasteiger partial charge in [0, 0.05) is 18.6 Å². The Hall–Kier alpha value is -0.0800. The standard InChI is InChI=1S/C15H29NO/c1-2-16-15(14-10-11-17-12-14)13-8-6-4-3-5-7-9-13/h13-16H,2-12H2,1H3.